The average molecular weight is 401 g/mol. The van der Waals surface area contributed by atoms with Crippen molar-refractivity contribution >= 4 is 5.97 Å². The smallest absolute Gasteiger partial charge is 0.342 e. The number of benzene rings is 1. The number of hydrogen-bond acceptors (Lipinski definition) is 5. The van der Waals surface area contributed by atoms with Gasteiger partial charge in [0, 0.05) is 11.5 Å². The Morgan fingerprint density at radius 3 is 2.45 bits per heavy atom. The van der Waals surface area contributed by atoms with Crippen LogP contribution in [0, 0.1) is 29.6 Å². The monoisotopic (exact) mass is 400 g/mol. The Morgan fingerprint density at radius 1 is 1.14 bits per heavy atom. The summed E-state index contributed by atoms with van der Waals surface area (Å²) in [5.41, 5.74) is 0.411. The van der Waals surface area contributed by atoms with Crippen LogP contribution in [0.15, 0.2) is 23.8 Å². The molecule has 0 bridgehead atoms. The first-order valence-corrected chi connectivity index (χ1v) is 10.4. The van der Waals surface area contributed by atoms with E-state index in [2.05, 4.69) is 26.8 Å². The van der Waals surface area contributed by atoms with E-state index in [1.54, 1.807) is 13.0 Å². The molecule has 0 spiro atoms. The number of aliphatic hydroxyl groups is 1. The second kappa shape index (κ2) is 6.24. The molecule has 29 heavy (non-hydrogen) atoms. The Bertz CT molecular complexity index is 878. The van der Waals surface area contributed by atoms with Gasteiger partial charge in [-0.1, -0.05) is 26.8 Å². The zero-order valence-corrected chi connectivity index (χ0v) is 18.2. The molecule has 5 atom stereocenters. The first-order valence-electron chi connectivity index (χ1n) is 10.4. The van der Waals surface area contributed by atoms with Crippen LogP contribution in [-0.2, 0) is 4.74 Å². The number of rotatable bonds is 3. The van der Waals surface area contributed by atoms with Crippen molar-refractivity contribution in [3.8, 4) is 11.5 Å². The Morgan fingerprint density at radius 2 is 1.83 bits per heavy atom. The van der Waals surface area contributed by atoms with Crippen molar-refractivity contribution in [3.05, 3.63) is 34.9 Å². The van der Waals surface area contributed by atoms with Crippen LogP contribution in [0.25, 0.3) is 0 Å². The molecule has 1 aromatic rings. The molecule has 2 N–H and O–H groups in total. The Hall–Kier alpha value is -2.01. The van der Waals surface area contributed by atoms with Crippen LogP contribution in [0.4, 0.5) is 0 Å². The number of phenolic OH excluding ortho intramolecular Hbond substituents is 1. The minimum atomic E-state index is -1.15. The summed E-state index contributed by atoms with van der Waals surface area (Å²) < 4.78 is 10.9. The predicted molar refractivity (Wildman–Crippen MR) is 110 cm³/mol. The van der Waals surface area contributed by atoms with E-state index >= 15 is 0 Å². The molecule has 4 rings (SSSR count). The number of esters is 1. The Labute approximate surface area is 172 Å². The molecular formula is C24H32O5. The maximum atomic E-state index is 12.9. The van der Waals surface area contributed by atoms with E-state index in [9.17, 15) is 15.0 Å². The van der Waals surface area contributed by atoms with Gasteiger partial charge in [-0.15, -0.1) is 0 Å². The fourth-order valence-corrected chi connectivity index (χ4v) is 6.43. The first kappa shape index (κ1) is 20.3. The maximum absolute atomic E-state index is 12.9. The zero-order valence-electron chi connectivity index (χ0n) is 18.2. The lowest BCUT2D eigenvalue weighted by Crippen LogP contribution is -2.72. The molecule has 0 saturated heterocycles. The normalized spacial score (nSPS) is 37.1. The number of aromatic hydroxyl groups is 1. The summed E-state index contributed by atoms with van der Waals surface area (Å²) in [7, 11) is 1.51. The molecule has 5 nitrogen and oxygen atoms in total. The van der Waals surface area contributed by atoms with Gasteiger partial charge in [0.25, 0.3) is 0 Å². The third-order valence-corrected chi connectivity index (χ3v) is 7.88. The quantitative estimate of drug-likeness (QED) is 0.581. The number of carbonyl (C=O) groups excluding carboxylic acids is 1. The summed E-state index contributed by atoms with van der Waals surface area (Å²) in [6.07, 6.45) is 4.43. The molecule has 5 heteroatoms. The number of allylic oxidation sites excluding steroid dienone is 1. The molecule has 0 aliphatic heterocycles. The lowest BCUT2D eigenvalue weighted by atomic mass is 9.44. The Balaban J connectivity index is 1.60. The van der Waals surface area contributed by atoms with Gasteiger partial charge in [-0.05, 0) is 67.6 Å². The van der Waals surface area contributed by atoms with E-state index in [-0.39, 0.29) is 22.1 Å². The number of phenols is 1. The Kier molecular flexibility index (Phi) is 4.36. The van der Waals surface area contributed by atoms with E-state index in [1.165, 1.54) is 13.2 Å². The van der Waals surface area contributed by atoms with Gasteiger partial charge in [-0.25, -0.2) is 4.79 Å². The van der Waals surface area contributed by atoms with Crippen molar-refractivity contribution in [2.45, 2.75) is 65.6 Å². The molecule has 0 radical (unpaired) electrons. The van der Waals surface area contributed by atoms with E-state index in [0.29, 0.717) is 29.6 Å². The highest BCUT2D eigenvalue weighted by molar-refractivity contribution is 5.94. The van der Waals surface area contributed by atoms with E-state index in [1.807, 2.05) is 6.92 Å². The van der Waals surface area contributed by atoms with Crippen molar-refractivity contribution in [2.75, 3.05) is 7.11 Å². The SMILES string of the molecule is COc1cc(C)c(C(=O)OC2CC3(C)C4CC(C)(C)CC4C=C(C)C23O)c(O)c1. The number of ether oxygens (including phenoxy) is 2. The summed E-state index contributed by atoms with van der Waals surface area (Å²) in [6.45, 7) is 10.4. The molecule has 5 unspecified atom stereocenters. The molecular weight excluding hydrogens is 368 g/mol. The lowest BCUT2D eigenvalue weighted by molar-refractivity contribution is -0.247. The first-order chi connectivity index (χ1) is 13.4. The fourth-order valence-electron chi connectivity index (χ4n) is 6.43. The van der Waals surface area contributed by atoms with Crippen LogP contribution in [0.1, 0.15) is 62.9 Å². The molecule has 2 fully saturated rings. The van der Waals surface area contributed by atoms with Gasteiger partial charge < -0.3 is 19.7 Å². The summed E-state index contributed by atoms with van der Waals surface area (Å²) in [4.78, 5) is 12.9. The van der Waals surface area contributed by atoms with Crippen LogP contribution in [0.2, 0.25) is 0 Å². The standard InChI is InChI=1S/C24H32O5/c1-13-7-16(28-6)9-18(25)20(13)21(26)29-19-12-23(5)17-11-22(3,4)10-15(17)8-14(2)24(19,23)27/h7-9,15,17,19,25,27H,10-12H2,1-6H3. The van der Waals surface area contributed by atoms with Crippen molar-refractivity contribution in [2.24, 2.45) is 22.7 Å². The second-order valence-electron chi connectivity index (χ2n) is 10.3. The number of aryl methyl sites for hydroxylation is 1. The van der Waals surface area contributed by atoms with Gasteiger partial charge in [-0.2, -0.15) is 0 Å². The molecule has 3 aliphatic rings. The van der Waals surface area contributed by atoms with Gasteiger partial charge in [0.2, 0.25) is 0 Å². The van der Waals surface area contributed by atoms with Crippen molar-refractivity contribution in [1.82, 2.24) is 0 Å². The van der Waals surface area contributed by atoms with Gasteiger partial charge in [0.15, 0.2) is 0 Å². The maximum Gasteiger partial charge on any atom is 0.342 e. The van der Waals surface area contributed by atoms with Crippen LogP contribution in [0.3, 0.4) is 0 Å². The van der Waals surface area contributed by atoms with Crippen LogP contribution >= 0.6 is 0 Å². The summed E-state index contributed by atoms with van der Waals surface area (Å²) >= 11 is 0. The number of hydrogen-bond donors (Lipinski definition) is 2. The number of carbonyl (C=O) groups is 1. The molecule has 0 aromatic heterocycles. The summed E-state index contributed by atoms with van der Waals surface area (Å²) in [5.74, 6) is 0.559. The summed E-state index contributed by atoms with van der Waals surface area (Å²) in [6, 6.07) is 3.09. The van der Waals surface area contributed by atoms with Crippen molar-refractivity contribution in [1.29, 1.82) is 0 Å². The van der Waals surface area contributed by atoms with Gasteiger partial charge >= 0.3 is 5.97 Å². The molecule has 1 aromatic carbocycles. The number of methoxy groups -OCH3 is 1. The number of fused-ring (bicyclic) bond motifs is 3. The van der Waals surface area contributed by atoms with Gasteiger partial charge in [0.05, 0.1) is 7.11 Å². The molecule has 3 aliphatic carbocycles. The average Bonchev–Trinajstić information content (AvgIpc) is 2.93. The van der Waals surface area contributed by atoms with E-state index in [0.717, 1.165) is 18.4 Å². The predicted octanol–water partition coefficient (Wildman–Crippen LogP) is 4.39. The van der Waals surface area contributed by atoms with Crippen LogP contribution < -0.4 is 4.74 Å². The third kappa shape index (κ3) is 2.73. The van der Waals surface area contributed by atoms with Gasteiger partial charge in [0.1, 0.15) is 28.8 Å². The molecule has 158 valence electrons. The largest absolute Gasteiger partial charge is 0.507 e. The zero-order chi connectivity index (χ0) is 21.4. The van der Waals surface area contributed by atoms with Gasteiger partial charge in [-0.3, -0.25) is 0 Å². The minimum Gasteiger partial charge on any atom is -0.507 e. The molecule has 2 saturated carbocycles. The minimum absolute atomic E-state index is 0.125. The van der Waals surface area contributed by atoms with E-state index < -0.39 is 17.7 Å². The van der Waals surface area contributed by atoms with Crippen LogP contribution in [-0.4, -0.2) is 35.0 Å². The summed E-state index contributed by atoms with van der Waals surface area (Å²) in [5, 5.41) is 22.0. The van der Waals surface area contributed by atoms with Crippen molar-refractivity contribution < 1.29 is 24.5 Å². The lowest BCUT2D eigenvalue weighted by Gasteiger charge is -2.65. The highest BCUT2D eigenvalue weighted by Crippen LogP contribution is 2.68. The molecule has 0 amide bonds. The second-order valence-corrected chi connectivity index (χ2v) is 10.3. The van der Waals surface area contributed by atoms with Crippen molar-refractivity contribution in [3.63, 3.8) is 0 Å². The fraction of sp³-hybridized carbons (Fsp3) is 0.625. The third-order valence-electron chi connectivity index (χ3n) is 7.88. The highest BCUT2D eigenvalue weighted by atomic mass is 16.6. The van der Waals surface area contributed by atoms with Crippen LogP contribution in [0.5, 0.6) is 11.5 Å². The molecule has 0 heterocycles. The topological polar surface area (TPSA) is 76.0 Å². The highest BCUT2D eigenvalue weighted by Gasteiger charge is 2.71. The van der Waals surface area contributed by atoms with E-state index in [4.69, 9.17) is 9.47 Å².